The Bertz CT molecular complexity index is 695. The lowest BCUT2D eigenvalue weighted by molar-refractivity contribution is 0.0849. The topological polar surface area (TPSA) is 26.3 Å². The Morgan fingerprint density at radius 2 is 2.00 bits per heavy atom. The van der Waals surface area contributed by atoms with Crippen LogP contribution in [0.5, 0.6) is 5.75 Å². The van der Waals surface area contributed by atoms with Crippen molar-refractivity contribution < 1.29 is 18.3 Å². The van der Waals surface area contributed by atoms with Crippen molar-refractivity contribution in [2.45, 2.75) is 25.9 Å². The van der Waals surface area contributed by atoms with Gasteiger partial charge in [0.05, 0.1) is 12.0 Å². The number of rotatable bonds is 2. The molecule has 2 aromatic rings. The Kier molecular flexibility index (Phi) is 3.45. The third kappa shape index (κ3) is 2.66. The first kappa shape index (κ1) is 13.7. The zero-order valence-corrected chi connectivity index (χ0v) is 11.5. The van der Waals surface area contributed by atoms with Gasteiger partial charge in [0.25, 0.3) is 6.43 Å². The molecule has 0 fully saturated rings. The second-order valence-corrected chi connectivity index (χ2v) is 5.20. The van der Waals surface area contributed by atoms with Gasteiger partial charge in [0.1, 0.15) is 11.9 Å². The molecule has 3 rings (SSSR count). The summed E-state index contributed by atoms with van der Waals surface area (Å²) in [5.41, 5.74) is 2.10. The quantitative estimate of drug-likeness (QED) is 0.804. The molecule has 0 amide bonds. The first-order chi connectivity index (χ1) is 10.0. The lowest BCUT2D eigenvalue weighted by Gasteiger charge is -2.26. The number of aryl methyl sites for hydroxylation is 1. The fourth-order valence-electron chi connectivity index (χ4n) is 2.52. The molecule has 0 spiro atoms. The summed E-state index contributed by atoms with van der Waals surface area (Å²) in [7, 11) is 0. The van der Waals surface area contributed by atoms with Crippen molar-refractivity contribution in [2.75, 3.05) is 0 Å². The number of carbonyl (C=O) groups is 1. The van der Waals surface area contributed by atoms with Crippen LogP contribution in [0, 0.1) is 6.92 Å². The minimum atomic E-state index is -2.53. The number of carbonyl (C=O) groups excluding carboxylic acids is 1. The maximum Gasteiger partial charge on any atom is 0.263 e. The number of ketones is 1. The van der Waals surface area contributed by atoms with E-state index in [-0.39, 0.29) is 17.8 Å². The zero-order chi connectivity index (χ0) is 15.0. The summed E-state index contributed by atoms with van der Waals surface area (Å²) in [6.45, 7) is 1.91. The molecule has 1 atom stereocenters. The van der Waals surface area contributed by atoms with E-state index in [1.165, 1.54) is 12.1 Å². The van der Waals surface area contributed by atoms with Crippen LogP contribution in [0.2, 0.25) is 0 Å². The molecule has 0 bridgehead atoms. The monoisotopic (exact) mass is 288 g/mol. The smallest absolute Gasteiger partial charge is 0.263 e. The normalized spacial score (nSPS) is 17.5. The second-order valence-electron chi connectivity index (χ2n) is 5.20. The predicted octanol–water partition coefficient (Wildman–Crippen LogP) is 4.64. The molecule has 2 nitrogen and oxygen atoms in total. The summed E-state index contributed by atoms with van der Waals surface area (Å²) in [6, 6.07) is 11.5. The van der Waals surface area contributed by atoms with Crippen molar-refractivity contribution in [1.82, 2.24) is 0 Å². The van der Waals surface area contributed by atoms with Crippen LogP contribution in [0.1, 0.15) is 46.0 Å². The number of halogens is 2. The maximum atomic E-state index is 12.8. The first-order valence-corrected chi connectivity index (χ1v) is 6.73. The van der Waals surface area contributed by atoms with Gasteiger partial charge in [-0.1, -0.05) is 29.8 Å². The zero-order valence-electron chi connectivity index (χ0n) is 11.5. The molecule has 108 valence electrons. The van der Waals surface area contributed by atoms with E-state index in [4.69, 9.17) is 4.74 Å². The van der Waals surface area contributed by atoms with Gasteiger partial charge in [-0.05, 0) is 30.7 Å². The number of ether oxygens (including phenoxy) is 1. The number of hydrogen-bond acceptors (Lipinski definition) is 2. The summed E-state index contributed by atoms with van der Waals surface area (Å²) >= 11 is 0. The highest BCUT2D eigenvalue weighted by Crippen LogP contribution is 2.36. The third-order valence-electron chi connectivity index (χ3n) is 3.61. The SMILES string of the molecule is Cc1ccc2c(c1)C(=O)CC(c1cccc(C(F)F)c1)O2. The molecule has 0 saturated carbocycles. The third-order valence-corrected chi connectivity index (χ3v) is 3.61. The number of hydrogen-bond donors (Lipinski definition) is 0. The van der Waals surface area contributed by atoms with E-state index in [0.717, 1.165) is 5.56 Å². The highest BCUT2D eigenvalue weighted by molar-refractivity contribution is 6.00. The highest BCUT2D eigenvalue weighted by atomic mass is 19.3. The fourth-order valence-corrected chi connectivity index (χ4v) is 2.52. The Morgan fingerprint density at radius 3 is 2.76 bits per heavy atom. The molecular formula is C17H14F2O2. The Balaban J connectivity index is 1.94. The Morgan fingerprint density at radius 1 is 1.19 bits per heavy atom. The molecule has 0 radical (unpaired) electrons. The number of fused-ring (bicyclic) bond motifs is 1. The largest absolute Gasteiger partial charge is 0.484 e. The minimum absolute atomic E-state index is 0.0209. The summed E-state index contributed by atoms with van der Waals surface area (Å²) in [4.78, 5) is 12.2. The van der Waals surface area contributed by atoms with E-state index < -0.39 is 12.5 Å². The molecule has 2 aromatic carbocycles. The second kappa shape index (κ2) is 5.28. The molecule has 1 aliphatic rings. The summed E-state index contributed by atoms with van der Waals surface area (Å²) in [5.74, 6) is 0.497. The number of benzene rings is 2. The fraction of sp³-hybridized carbons (Fsp3) is 0.235. The van der Waals surface area contributed by atoms with Crippen molar-refractivity contribution >= 4 is 5.78 Å². The summed E-state index contributed by atoms with van der Waals surface area (Å²) in [5, 5.41) is 0. The van der Waals surface area contributed by atoms with Crippen LogP contribution < -0.4 is 4.74 Å². The molecule has 4 heteroatoms. The number of Topliss-reactive ketones (excluding diaryl/α,β-unsaturated/α-hetero) is 1. The molecule has 0 saturated heterocycles. The summed E-state index contributed by atoms with van der Waals surface area (Å²) < 4.78 is 31.3. The van der Waals surface area contributed by atoms with E-state index in [0.29, 0.717) is 16.9 Å². The van der Waals surface area contributed by atoms with Crippen LogP contribution in [-0.2, 0) is 0 Å². The van der Waals surface area contributed by atoms with E-state index in [9.17, 15) is 13.6 Å². The van der Waals surface area contributed by atoms with Gasteiger partial charge in [-0.15, -0.1) is 0 Å². The van der Waals surface area contributed by atoms with E-state index in [1.807, 2.05) is 13.0 Å². The predicted molar refractivity (Wildman–Crippen MR) is 74.9 cm³/mol. The lowest BCUT2D eigenvalue weighted by Crippen LogP contribution is -2.20. The average Bonchev–Trinajstić information content (AvgIpc) is 2.48. The Labute approximate surface area is 121 Å². The lowest BCUT2D eigenvalue weighted by atomic mass is 9.94. The van der Waals surface area contributed by atoms with Gasteiger partial charge < -0.3 is 4.74 Å². The molecular weight excluding hydrogens is 274 g/mol. The van der Waals surface area contributed by atoms with Crippen molar-refractivity contribution in [2.24, 2.45) is 0 Å². The van der Waals surface area contributed by atoms with Crippen LogP contribution in [0.15, 0.2) is 42.5 Å². The average molecular weight is 288 g/mol. The highest BCUT2D eigenvalue weighted by Gasteiger charge is 2.28. The molecule has 0 aromatic heterocycles. The van der Waals surface area contributed by atoms with Crippen molar-refractivity contribution in [3.05, 3.63) is 64.7 Å². The van der Waals surface area contributed by atoms with E-state index in [2.05, 4.69) is 0 Å². The molecule has 1 unspecified atom stereocenters. The van der Waals surface area contributed by atoms with Gasteiger partial charge in [-0.2, -0.15) is 0 Å². The van der Waals surface area contributed by atoms with Crippen molar-refractivity contribution in [3.63, 3.8) is 0 Å². The van der Waals surface area contributed by atoms with Gasteiger partial charge in [0.2, 0.25) is 0 Å². The molecule has 0 N–H and O–H groups in total. The van der Waals surface area contributed by atoms with Crippen LogP contribution in [-0.4, -0.2) is 5.78 Å². The van der Waals surface area contributed by atoms with Gasteiger partial charge in [-0.3, -0.25) is 4.79 Å². The molecule has 1 heterocycles. The van der Waals surface area contributed by atoms with E-state index in [1.54, 1.807) is 24.3 Å². The summed E-state index contributed by atoms with van der Waals surface area (Å²) in [6.07, 6.45) is -2.87. The van der Waals surface area contributed by atoms with Crippen LogP contribution in [0.3, 0.4) is 0 Å². The van der Waals surface area contributed by atoms with Gasteiger partial charge in [0, 0.05) is 5.56 Å². The van der Waals surface area contributed by atoms with Crippen LogP contribution in [0.4, 0.5) is 8.78 Å². The van der Waals surface area contributed by atoms with Gasteiger partial charge in [0.15, 0.2) is 5.78 Å². The molecule has 21 heavy (non-hydrogen) atoms. The Hall–Kier alpha value is -2.23. The van der Waals surface area contributed by atoms with Crippen LogP contribution in [0.25, 0.3) is 0 Å². The maximum absolute atomic E-state index is 12.8. The van der Waals surface area contributed by atoms with Crippen LogP contribution >= 0.6 is 0 Å². The van der Waals surface area contributed by atoms with E-state index >= 15 is 0 Å². The molecule has 1 aliphatic heterocycles. The van der Waals surface area contributed by atoms with Gasteiger partial charge in [-0.25, -0.2) is 8.78 Å². The minimum Gasteiger partial charge on any atom is -0.484 e. The van der Waals surface area contributed by atoms with Gasteiger partial charge >= 0.3 is 0 Å². The van der Waals surface area contributed by atoms with Crippen molar-refractivity contribution in [3.8, 4) is 5.75 Å². The molecule has 0 aliphatic carbocycles. The van der Waals surface area contributed by atoms with Crippen molar-refractivity contribution in [1.29, 1.82) is 0 Å². The number of alkyl halides is 2. The first-order valence-electron chi connectivity index (χ1n) is 6.73. The standard InChI is InChI=1S/C17H14F2O2/c1-10-5-6-15-13(7-10)14(20)9-16(21-15)11-3-2-4-12(8-11)17(18)19/h2-8,16-17H,9H2,1H3.